The summed E-state index contributed by atoms with van der Waals surface area (Å²) in [6, 6.07) is 17.9. The second-order valence-electron chi connectivity index (χ2n) is 6.17. The van der Waals surface area contributed by atoms with Crippen molar-refractivity contribution < 1.29 is 0 Å². The summed E-state index contributed by atoms with van der Waals surface area (Å²) in [6.45, 7) is 3.15. The Morgan fingerprint density at radius 1 is 1.00 bits per heavy atom. The molecule has 0 saturated heterocycles. The number of anilines is 1. The van der Waals surface area contributed by atoms with Crippen molar-refractivity contribution in [1.82, 2.24) is 0 Å². The Labute approximate surface area is 128 Å². The normalized spacial score (nSPS) is 14.1. The van der Waals surface area contributed by atoms with Crippen LogP contribution in [0.15, 0.2) is 48.5 Å². The summed E-state index contributed by atoms with van der Waals surface area (Å²) in [7, 11) is 0. The molecule has 0 aromatic heterocycles. The van der Waals surface area contributed by atoms with Gasteiger partial charge in [-0.25, -0.2) is 0 Å². The summed E-state index contributed by atoms with van der Waals surface area (Å²) in [4.78, 5) is 0. The van der Waals surface area contributed by atoms with Crippen LogP contribution in [0.4, 0.5) is 5.69 Å². The van der Waals surface area contributed by atoms with Crippen LogP contribution in [0.5, 0.6) is 0 Å². The average molecular weight is 279 g/mol. The van der Waals surface area contributed by atoms with Crippen molar-refractivity contribution in [2.24, 2.45) is 0 Å². The van der Waals surface area contributed by atoms with E-state index >= 15 is 0 Å². The fourth-order valence-corrected chi connectivity index (χ4v) is 2.75. The van der Waals surface area contributed by atoms with E-state index in [-0.39, 0.29) is 0 Å². The van der Waals surface area contributed by atoms with Crippen molar-refractivity contribution in [2.75, 3.05) is 5.32 Å². The van der Waals surface area contributed by atoms with Gasteiger partial charge in [0.25, 0.3) is 0 Å². The van der Waals surface area contributed by atoms with E-state index in [9.17, 15) is 0 Å². The van der Waals surface area contributed by atoms with Crippen LogP contribution in [0.25, 0.3) is 0 Å². The lowest BCUT2D eigenvalue weighted by Gasteiger charge is -2.09. The first-order valence-corrected chi connectivity index (χ1v) is 8.27. The molecule has 0 radical (unpaired) electrons. The maximum atomic E-state index is 3.53. The van der Waals surface area contributed by atoms with Gasteiger partial charge in [-0.05, 0) is 60.4 Å². The Kier molecular flexibility index (Phi) is 4.59. The fourth-order valence-electron chi connectivity index (χ4n) is 2.75. The lowest BCUT2D eigenvalue weighted by molar-refractivity contribution is 0.795. The van der Waals surface area contributed by atoms with E-state index in [0.717, 1.165) is 12.5 Å². The zero-order valence-electron chi connectivity index (χ0n) is 12.9. The number of hydrogen-bond acceptors (Lipinski definition) is 1. The third-order valence-corrected chi connectivity index (χ3v) is 4.27. The molecular weight excluding hydrogens is 254 g/mol. The second-order valence-corrected chi connectivity index (χ2v) is 6.17. The van der Waals surface area contributed by atoms with Crippen molar-refractivity contribution in [3.63, 3.8) is 0 Å². The molecule has 0 heterocycles. The quantitative estimate of drug-likeness (QED) is 0.703. The molecule has 1 heteroatoms. The van der Waals surface area contributed by atoms with Gasteiger partial charge in [-0.2, -0.15) is 0 Å². The number of aryl methyl sites for hydroxylation is 1. The highest BCUT2D eigenvalue weighted by Gasteiger charge is 2.23. The second kappa shape index (κ2) is 6.80. The van der Waals surface area contributed by atoms with Gasteiger partial charge in [0.15, 0.2) is 0 Å². The molecule has 0 atom stereocenters. The van der Waals surface area contributed by atoms with Crippen LogP contribution >= 0.6 is 0 Å². The average Bonchev–Trinajstić information content (AvgIpc) is 3.37. The van der Waals surface area contributed by atoms with Crippen LogP contribution in [0.2, 0.25) is 0 Å². The van der Waals surface area contributed by atoms with E-state index in [1.165, 1.54) is 54.5 Å². The third-order valence-electron chi connectivity index (χ3n) is 4.27. The maximum absolute atomic E-state index is 3.53. The minimum Gasteiger partial charge on any atom is -0.381 e. The minimum absolute atomic E-state index is 0.836. The van der Waals surface area contributed by atoms with Gasteiger partial charge in [-0.3, -0.25) is 0 Å². The molecular formula is C20H25N. The molecule has 0 aliphatic heterocycles. The molecule has 0 unspecified atom stereocenters. The van der Waals surface area contributed by atoms with Crippen LogP contribution in [0.3, 0.4) is 0 Å². The molecule has 3 rings (SSSR count). The predicted octanol–water partition coefficient (Wildman–Crippen LogP) is 5.52. The molecule has 2 aromatic carbocycles. The Hall–Kier alpha value is -1.76. The highest BCUT2D eigenvalue weighted by Crippen LogP contribution is 2.40. The number of rotatable bonds is 7. The molecule has 1 aliphatic rings. The summed E-state index contributed by atoms with van der Waals surface area (Å²) in [5, 5.41) is 3.53. The zero-order valence-corrected chi connectivity index (χ0v) is 12.9. The lowest BCUT2D eigenvalue weighted by atomic mass is 10.1. The molecule has 1 fully saturated rings. The molecule has 1 N–H and O–H groups in total. The van der Waals surface area contributed by atoms with Crippen molar-refractivity contribution in [3.8, 4) is 0 Å². The van der Waals surface area contributed by atoms with Crippen LogP contribution < -0.4 is 5.32 Å². The Bertz CT molecular complexity index is 567. The molecule has 1 nitrogen and oxygen atoms in total. The fraction of sp³-hybridized carbons (Fsp3) is 0.400. The van der Waals surface area contributed by atoms with Crippen LogP contribution in [0, 0.1) is 0 Å². The highest BCUT2D eigenvalue weighted by molar-refractivity contribution is 5.45. The van der Waals surface area contributed by atoms with E-state index in [1.807, 2.05) is 0 Å². The van der Waals surface area contributed by atoms with Gasteiger partial charge >= 0.3 is 0 Å². The highest BCUT2D eigenvalue weighted by atomic mass is 14.9. The van der Waals surface area contributed by atoms with Gasteiger partial charge in [0.1, 0.15) is 0 Å². The summed E-state index contributed by atoms with van der Waals surface area (Å²) in [5.41, 5.74) is 5.56. The van der Waals surface area contributed by atoms with Crippen LogP contribution in [-0.2, 0) is 13.0 Å². The molecule has 0 spiro atoms. The largest absolute Gasteiger partial charge is 0.381 e. The van der Waals surface area contributed by atoms with Crippen molar-refractivity contribution in [2.45, 2.75) is 51.5 Å². The SMILES string of the molecule is CCCCc1ccc(NCc2cccc(C3CC3)c2)cc1. The molecule has 0 bridgehead atoms. The first-order chi connectivity index (χ1) is 10.3. The first-order valence-electron chi connectivity index (χ1n) is 8.27. The van der Waals surface area contributed by atoms with Crippen molar-refractivity contribution in [3.05, 3.63) is 65.2 Å². The third kappa shape index (κ3) is 4.10. The number of nitrogens with one attached hydrogen (secondary N) is 1. The van der Waals surface area contributed by atoms with Gasteiger partial charge in [-0.15, -0.1) is 0 Å². The molecule has 110 valence electrons. The predicted molar refractivity (Wildman–Crippen MR) is 90.8 cm³/mol. The Balaban J connectivity index is 1.55. The van der Waals surface area contributed by atoms with Gasteiger partial charge in [0, 0.05) is 12.2 Å². The van der Waals surface area contributed by atoms with Gasteiger partial charge < -0.3 is 5.32 Å². The topological polar surface area (TPSA) is 12.0 Å². The smallest absolute Gasteiger partial charge is 0.0400 e. The van der Waals surface area contributed by atoms with Crippen molar-refractivity contribution >= 4 is 5.69 Å². The Morgan fingerprint density at radius 3 is 2.52 bits per heavy atom. The lowest BCUT2D eigenvalue weighted by Crippen LogP contribution is -2.00. The zero-order chi connectivity index (χ0) is 14.5. The first kappa shape index (κ1) is 14.2. The number of hydrogen-bond donors (Lipinski definition) is 1. The minimum atomic E-state index is 0.836. The van der Waals surface area contributed by atoms with Gasteiger partial charge in [-0.1, -0.05) is 49.7 Å². The molecule has 21 heavy (non-hydrogen) atoms. The Morgan fingerprint density at radius 2 is 1.81 bits per heavy atom. The molecule has 1 aliphatic carbocycles. The van der Waals surface area contributed by atoms with E-state index in [1.54, 1.807) is 0 Å². The molecule has 0 amide bonds. The van der Waals surface area contributed by atoms with E-state index in [0.29, 0.717) is 0 Å². The number of benzene rings is 2. The standard InChI is InChI=1S/C20H25N/c1-2-3-5-16-8-12-20(13-9-16)21-15-17-6-4-7-19(14-17)18-10-11-18/h4,6-9,12-14,18,21H,2-3,5,10-11,15H2,1H3. The van der Waals surface area contributed by atoms with Gasteiger partial charge in [0.2, 0.25) is 0 Å². The summed E-state index contributed by atoms with van der Waals surface area (Å²) >= 11 is 0. The van der Waals surface area contributed by atoms with Crippen LogP contribution in [0.1, 0.15) is 55.2 Å². The summed E-state index contributed by atoms with van der Waals surface area (Å²) in [6.07, 6.45) is 6.48. The molecule has 1 saturated carbocycles. The van der Waals surface area contributed by atoms with E-state index < -0.39 is 0 Å². The number of unbranched alkanes of at least 4 members (excludes halogenated alkanes) is 1. The summed E-state index contributed by atoms with van der Waals surface area (Å²) < 4.78 is 0. The summed E-state index contributed by atoms with van der Waals surface area (Å²) in [5.74, 6) is 0.836. The monoisotopic (exact) mass is 279 g/mol. The van der Waals surface area contributed by atoms with E-state index in [2.05, 4.69) is 60.8 Å². The van der Waals surface area contributed by atoms with Gasteiger partial charge in [0.05, 0.1) is 0 Å². The molecule has 2 aromatic rings. The maximum Gasteiger partial charge on any atom is 0.0400 e. The van der Waals surface area contributed by atoms with Crippen LogP contribution in [-0.4, -0.2) is 0 Å². The van der Waals surface area contributed by atoms with Crippen molar-refractivity contribution in [1.29, 1.82) is 0 Å². The van der Waals surface area contributed by atoms with E-state index in [4.69, 9.17) is 0 Å².